The van der Waals surface area contributed by atoms with Gasteiger partial charge < -0.3 is 0 Å². The Morgan fingerprint density at radius 1 is 1.00 bits per heavy atom. The van der Waals surface area contributed by atoms with Gasteiger partial charge >= 0.3 is 0 Å². The van der Waals surface area contributed by atoms with Gasteiger partial charge in [-0.1, -0.05) is 35.5 Å². The normalized spacial score (nSPS) is 11.0. The molecule has 0 fully saturated rings. The van der Waals surface area contributed by atoms with E-state index in [1.54, 1.807) is 28.7 Å². The summed E-state index contributed by atoms with van der Waals surface area (Å²) >= 11 is 7.57. The van der Waals surface area contributed by atoms with Gasteiger partial charge in [0.25, 0.3) is 0 Å². The van der Waals surface area contributed by atoms with Crippen molar-refractivity contribution in [1.82, 2.24) is 24.8 Å². The maximum Gasteiger partial charge on any atom is 0.186 e. The number of hydrogen-bond acceptors (Lipinski definition) is 5. The lowest BCUT2D eigenvalue weighted by atomic mass is 10.2. The van der Waals surface area contributed by atoms with Crippen molar-refractivity contribution in [2.75, 3.05) is 0 Å². The van der Waals surface area contributed by atoms with Crippen molar-refractivity contribution in [3.05, 3.63) is 71.5 Å². The Kier molecular flexibility index (Phi) is 4.15. The van der Waals surface area contributed by atoms with Gasteiger partial charge in [-0.15, -0.1) is 10.2 Å². The molecule has 0 atom stereocenters. The first-order valence-corrected chi connectivity index (χ1v) is 8.66. The summed E-state index contributed by atoms with van der Waals surface area (Å²) in [6.45, 7) is 0. The minimum atomic E-state index is 0.687. The summed E-state index contributed by atoms with van der Waals surface area (Å²) in [7, 11) is 0. The van der Waals surface area contributed by atoms with Gasteiger partial charge in [-0.05, 0) is 42.0 Å². The number of nitrogens with zero attached hydrogens (tertiary/aromatic N) is 5. The molecule has 5 nitrogen and oxygen atoms in total. The second kappa shape index (κ2) is 6.59. The number of fused-ring (bicyclic) bond motifs is 1. The van der Waals surface area contributed by atoms with Crippen LogP contribution in [-0.4, -0.2) is 24.8 Å². The van der Waals surface area contributed by atoms with Crippen molar-refractivity contribution < 1.29 is 0 Å². The number of aromatic nitrogens is 5. The van der Waals surface area contributed by atoms with Gasteiger partial charge in [0.05, 0.1) is 0 Å². The lowest BCUT2D eigenvalue weighted by molar-refractivity contribution is 0.860. The van der Waals surface area contributed by atoms with E-state index in [-0.39, 0.29) is 0 Å². The van der Waals surface area contributed by atoms with Gasteiger partial charge in [-0.3, -0.25) is 4.98 Å². The molecule has 1 aromatic carbocycles. The Labute approximate surface area is 147 Å². The van der Waals surface area contributed by atoms with Crippen LogP contribution in [0.15, 0.2) is 66.0 Å². The lowest BCUT2D eigenvalue weighted by Gasteiger charge is -2.03. The number of rotatable bonds is 4. The van der Waals surface area contributed by atoms with Crippen LogP contribution < -0.4 is 0 Å². The molecule has 4 rings (SSSR count). The zero-order valence-electron chi connectivity index (χ0n) is 12.5. The molecule has 0 bridgehead atoms. The monoisotopic (exact) mass is 353 g/mol. The Morgan fingerprint density at radius 3 is 2.67 bits per heavy atom. The number of thioether (sulfide) groups is 1. The Bertz CT molecular complexity index is 969. The minimum Gasteiger partial charge on any atom is -0.264 e. The molecule has 0 N–H and O–H groups in total. The van der Waals surface area contributed by atoms with Crippen molar-refractivity contribution >= 4 is 29.0 Å². The zero-order chi connectivity index (χ0) is 16.4. The standard InChI is InChI=1S/C17H12ClN5S/c18-14-5-3-12(4-6-14)11-24-16-8-7-15-20-21-17(23(15)22-16)13-2-1-9-19-10-13/h1-10H,11H2. The smallest absolute Gasteiger partial charge is 0.186 e. The highest BCUT2D eigenvalue weighted by Crippen LogP contribution is 2.23. The van der Waals surface area contributed by atoms with E-state index in [1.165, 1.54) is 5.56 Å². The predicted octanol–water partition coefficient (Wildman–Crippen LogP) is 4.13. The Balaban J connectivity index is 1.61. The van der Waals surface area contributed by atoms with Gasteiger partial charge in [0.2, 0.25) is 0 Å². The quantitative estimate of drug-likeness (QED) is 0.516. The Hall–Kier alpha value is -2.44. The molecular weight excluding hydrogens is 342 g/mol. The van der Waals surface area contributed by atoms with Crippen LogP contribution in [0.3, 0.4) is 0 Å². The SMILES string of the molecule is Clc1ccc(CSc2ccc3nnc(-c4cccnc4)n3n2)cc1. The first kappa shape index (κ1) is 15.1. The lowest BCUT2D eigenvalue weighted by Crippen LogP contribution is -1.96. The summed E-state index contributed by atoms with van der Waals surface area (Å²) in [5, 5.41) is 14.7. The molecule has 0 saturated carbocycles. The first-order chi connectivity index (χ1) is 11.8. The molecule has 0 aliphatic rings. The zero-order valence-corrected chi connectivity index (χ0v) is 14.1. The van der Waals surface area contributed by atoms with E-state index in [1.807, 2.05) is 48.5 Å². The molecule has 0 spiro atoms. The van der Waals surface area contributed by atoms with Gasteiger partial charge in [0.15, 0.2) is 11.5 Å². The Morgan fingerprint density at radius 2 is 1.88 bits per heavy atom. The van der Waals surface area contributed by atoms with Crippen LogP contribution in [0.25, 0.3) is 17.0 Å². The summed E-state index contributed by atoms with van der Waals surface area (Å²) < 4.78 is 1.75. The number of pyridine rings is 1. The molecule has 3 heterocycles. The van der Waals surface area contributed by atoms with Crippen LogP contribution >= 0.6 is 23.4 Å². The molecule has 118 valence electrons. The van der Waals surface area contributed by atoms with Crippen LogP contribution in [0.4, 0.5) is 0 Å². The number of hydrogen-bond donors (Lipinski definition) is 0. The van der Waals surface area contributed by atoms with Crippen molar-refractivity contribution in [3.63, 3.8) is 0 Å². The third-order valence-corrected chi connectivity index (χ3v) is 4.70. The van der Waals surface area contributed by atoms with Gasteiger partial charge in [0, 0.05) is 28.7 Å². The highest BCUT2D eigenvalue weighted by atomic mass is 35.5. The summed E-state index contributed by atoms with van der Waals surface area (Å²) in [4.78, 5) is 4.13. The molecule has 0 unspecified atom stereocenters. The summed E-state index contributed by atoms with van der Waals surface area (Å²) in [6, 6.07) is 15.5. The van der Waals surface area contributed by atoms with Crippen molar-refractivity contribution in [1.29, 1.82) is 0 Å². The highest BCUT2D eigenvalue weighted by molar-refractivity contribution is 7.98. The van der Waals surface area contributed by atoms with Crippen molar-refractivity contribution in [2.24, 2.45) is 0 Å². The van der Waals surface area contributed by atoms with E-state index >= 15 is 0 Å². The molecular formula is C17H12ClN5S. The maximum absolute atomic E-state index is 5.92. The number of halogens is 1. The fraction of sp³-hybridized carbons (Fsp3) is 0.0588. The predicted molar refractivity (Wildman–Crippen MR) is 95.0 cm³/mol. The summed E-state index contributed by atoms with van der Waals surface area (Å²) in [5.74, 6) is 1.51. The topological polar surface area (TPSA) is 56.0 Å². The van der Waals surface area contributed by atoms with Crippen LogP contribution in [0.1, 0.15) is 5.56 Å². The summed E-state index contributed by atoms with van der Waals surface area (Å²) in [5.41, 5.74) is 2.80. The van der Waals surface area contributed by atoms with Crippen LogP contribution in [0.5, 0.6) is 0 Å². The van der Waals surface area contributed by atoms with Crippen molar-refractivity contribution in [3.8, 4) is 11.4 Å². The average Bonchev–Trinajstić information content (AvgIpc) is 3.05. The fourth-order valence-corrected chi connectivity index (χ4v) is 3.20. The second-order valence-corrected chi connectivity index (χ2v) is 6.55. The van der Waals surface area contributed by atoms with Gasteiger partial charge in [-0.2, -0.15) is 9.61 Å². The molecule has 3 aromatic heterocycles. The van der Waals surface area contributed by atoms with Crippen LogP contribution in [-0.2, 0) is 5.75 Å². The third-order valence-electron chi connectivity index (χ3n) is 3.46. The summed E-state index contributed by atoms with van der Waals surface area (Å²) in [6.07, 6.45) is 3.49. The molecule has 0 saturated heterocycles. The third kappa shape index (κ3) is 3.11. The van der Waals surface area contributed by atoms with E-state index < -0.39 is 0 Å². The number of benzene rings is 1. The average molecular weight is 354 g/mol. The second-order valence-electron chi connectivity index (χ2n) is 5.12. The molecule has 0 amide bonds. The van der Waals surface area contributed by atoms with E-state index in [0.29, 0.717) is 11.5 Å². The molecule has 0 radical (unpaired) electrons. The molecule has 0 aliphatic carbocycles. The van der Waals surface area contributed by atoms with Crippen molar-refractivity contribution in [2.45, 2.75) is 10.8 Å². The molecule has 24 heavy (non-hydrogen) atoms. The molecule has 7 heteroatoms. The largest absolute Gasteiger partial charge is 0.264 e. The fourth-order valence-electron chi connectivity index (χ4n) is 2.26. The van der Waals surface area contributed by atoms with Gasteiger partial charge in [0.1, 0.15) is 5.03 Å². The highest BCUT2D eigenvalue weighted by Gasteiger charge is 2.10. The first-order valence-electron chi connectivity index (χ1n) is 7.30. The van der Waals surface area contributed by atoms with E-state index in [4.69, 9.17) is 11.6 Å². The maximum atomic E-state index is 5.92. The van der Waals surface area contributed by atoms with E-state index in [9.17, 15) is 0 Å². The minimum absolute atomic E-state index is 0.687. The van der Waals surface area contributed by atoms with E-state index in [0.717, 1.165) is 21.4 Å². The van der Waals surface area contributed by atoms with Gasteiger partial charge in [-0.25, -0.2) is 0 Å². The molecule has 0 aliphatic heterocycles. The van der Waals surface area contributed by atoms with Crippen LogP contribution in [0, 0.1) is 0 Å². The van der Waals surface area contributed by atoms with E-state index in [2.05, 4.69) is 20.3 Å². The van der Waals surface area contributed by atoms with Crippen LogP contribution in [0.2, 0.25) is 5.02 Å². The molecule has 4 aromatic rings.